The van der Waals surface area contributed by atoms with E-state index >= 15 is 0 Å². The Hall–Kier alpha value is -3.19. The van der Waals surface area contributed by atoms with Crippen LogP contribution in [0.2, 0.25) is 5.02 Å². The van der Waals surface area contributed by atoms with E-state index in [1.165, 1.54) is 12.5 Å². The number of fused-ring (bicyclic) bond motifs is 2. The Morgan fingerprint density at radius 3 is 2.56 bits per heavy atom. The number of hydrogen-bond acceptors (Lipinski definition) is 4. The number of benzene rings is 3. The van der Waals surface area contributed by atoms with E-state index < -0.39 is 11.0 Å². The van der Waals surface area contributed by atoms with Gasteiger partial charge in [-0.2, -0.15) is 0 Å². The van der Waals surface area contributed by atoms with Gasteiger partial charge in [0.1, 0.15) is 5.60 Å². The molecule has 0 saturated carbocycles. The number of rotatable bonds is 9. The first kappa shape index (κ1) is 29.3. The molecule has 41 heavy (non-hydrogen) atoms. The molecule has 7 heteroatoms. The molecule has 6 nitrogen and oxygen atoms in total. The number of hydrogen-bond donors (Lipinski definition) is 3. The van der Waals surface area contributed by atoms with E-state index in [9.17, 15) is 14.7 Å². The van der Waals surface area contributed by atoms with Crippen LogP contribution in [0.3, 0.4) is 0 Å². The van der Waals surface area contributed by atoms with Crippen molar-refractivity contribution in [2.75, 3.05) is 26.7 Å². The largest absolute Gasteiger partial charge is 0.384 e. The van der Waals surface area contributed by atoms with Crippen molar-refractivity contribution in [1.29, 1.82) is 0 Å². The van der Waals surface area contributed by atoms with Crippen LogP contribution in [-0.4, -0.2) is 48.5 Å². The summed E-state index contributed by atoms with van der Waals surface area (Å²) >= 11 is 6.88. The smallest absolute Gasteiger partial charge is 0.253 e. The first-order valence-electron chi connectivity index (χ1n) is 14.7. The van der Waals surface area contributed by atoms with Gasteiger partial charge in [0.15, 0.2) is 0 Å². The van der Waals surface area contributed by atoms with E-state index in [-0.39, 0.29) is 11.8 Å². The number of aliphatic hydroxyl groups is 1. The van der Waals surface area contributed by atoms with Gasteiger partial charge in [0.2, 0.25) is 5.91 Å². The van der Waals surface area contributed by atoms with Crippen LogP contribution in [0.25, 0.3) is 11.1 Å². The Kier molecular flexibility index (Phi) is 8.55. The van der Waals surface area contributed by atoms with E-state index in [4.69, 9.17) is 11.6 Å². The van der Waals surface area contributed by atoms with E-state index in [2.05, 4.69) is 35.8 Å². The molecule has 3 aromatic rings. The molecule has 2 aliphatic rings. The van der Waals surface area contributed by atoms with Crippen molar-refractivity contribution in [2.45, 2.75) is 63.5 Å². The first-order valence-corrected chi connectivity index (χ1v) is 15.0. The summed E-state index contributed by atoms with van der Waals surface area (Å²) in [6.45, 7) is 5.93. The maximum absolute atomic E-state index is 13.7. The summed E-state index contributed by atoms with van der Waals surface area (Å²) in [5.41, 5.74) is 4.98. The highest BCUT2D eigenvalue weighted by atomic mass is 35.5. The minimum atomic E-state index is -1.20. The van der Waals surface area contributed by atoms with Crippen LogP contribution in [-0.2, 0) is 28.8 Å². The lowest BCUT2D eigenvalue weighted by Gasteiger charge is -2.62. The van der Waals surface area contributed by atoms with Crippen LogP contribution in [0.1, 0.15) is 72.1 Å². The second-order valence-electron chi connectivity index (χ2n) is 11.5. The molecule has 2 amide bonds. The molecule has 2 atom stereocenters. The summed E-state index contributed by atoms with van der Waals surface area (Å²) in [7, 11) is 1.90. The summed E-state index contributed by atoms with van der Waals surface area (Å²) in [5.74, 6) is -0.102. The second kappa shape index (κ2) is 12.0. The van der Waals surface area contributed by atoms with Gasteiger partial charge >= 0.3 is 0 Å². The Labute approximate surface area is 248 Å². The predicted octanol–water partition coefficient (Wildman–Crippen LogP) is 5.58. The number of halogens is 1. The fourth-order valence-corrected chi connectivity index (χ4v) is 7.21. The van der Waals surface area contributed by atoms with Gasteiger partial charge in [-0.25, -0.2) is 0 Å². The molecule has 0 bridgehead atoms. The monoisotopic (exact) mass is 573 g/mol. The van der Waals surface area contributed by atoms with E-state index in [1.54, 1.807) is 0 Å². The molecule has 3 N–H and O–H groups in total. The van der Waals surface area contributed by atoms with E-state index in [1.807, 2.05) is 54.4 Å². The number of aryl methyl sites for hydroxylation is 1. The van der Waals surface area contributed by atoms with E-state index in [0.717, 1.165) is 53.6 Å². The number of carbonyl (C=O) groups excluding carboxylic acids is 2. The van der Waals surface area contributed by atoms with E-state index in [0.29, 0.717) is 43.1 Å². The van der Waals surface area contributed by atoms with Crippen LogP contribution in [0.4, 0.5) is 0 Å². The third-order valence-electron chi connectivity index (χ3n) is 8.95. The lowest BCUT2D eigenvalue weighted by atomic mass is 9.47. The lowest BCUT2D eigenvalue weighted by Crippen LogP contribution is -2.66. The molecule has 1 fully saturated rings. The van der Waals surface area contributed by atoms with Crippen molar-refractivity contribution >= 4 is 23.4 Å². The molecule has 5 rings (SSSR count). The van der Waals surface area contributed by atoms with Crippen molar-refractivity contribution in [3.63, 3.8) is 0 Å². The molecule has 0 radical (unpaired) electrons. The molecule has 216 valence electrons. The Morgan fingerprint density at radius 2 is 1.85 bits per heavy atom. The van der Waals surface area contributed by atoms with Gasteiger partial charge in [0.05, 0.1) is 0 Å². The van der Waals surface area contributed by atoms with Crippen LogP contribution in [0.15, 0.2) is 60.7 Å². The average molecular weight is 574 g/mol. The van der Waals surface area contributed by atoms with Gasteiger partial charge in [0.25, 0.3) is 5.91 Å². The predicted molar refractivity (Wildman–Crippen MR) is 164 cm³/mol. The number of piperidine rings is 1. The quantitative estimate of drug-likeness (QED) is 0.292. The molecule has 1 aliphatic carbocycles. The number of likely N-dealkylation sites (tertiary alicyclic amines) is 1. The summed E-state index contributed by atoms with van der Waals surface area (Å²) in [5, 5.41) is 19.4. The minimum Gasteiger partial charge on any atom is -0.384 e. The summed E-state index contributed by atoms with van der Waals surface area (Å²) in [4.78, 5) is 27.2. The maximum Gasteiger partial charge on any atom is 0.253 e. The highest BCUT2D eigenvalue weighted by Crippen LogP contribution is 2.64. The standard InChI is InChI=1S/C34H40ClN3O3/c1-4-24-8-5-9-27(20-24)30-29(35)15-14-28-31(30)34(41,17-6-18-37-23(2)39)33(28)16-7-19-38(22-33)32(40)26-12-10-25(11-13-26)21-36-3/h5,8-15,20,36,41H,4,6-7,16-19,21-22H2,1-3H3,(H,37,39)/t33-,34-/m1/s1. The van der Waals surface area contributed by atoms with Crippen LogP contribution in [0, 0.1) is 0 Å². The number of carbonyl (C=O) groups is 2. The molecule has 0 aromatic heterocycles. The molecular formula is C34H40ClN3O3. The summed E-state index contributed by atoms with van der Waals surface area (Å²) in [6.07, 6.45) is 3.54. The number of nitrogens with one attached hydrogen (secondary N) is 2. The normalized spacial score (nSPS) is 21.3. The highest BCUT2D eigenvalue weighted by molar-refractivity contribution is 6.33. The average Bonchev–Trinajstić information content (AvgIpc) is 2.99. The van der Waals surface area contributed by atoms with Gasteiger partial charge in [0, 0.05) is 54.7 Å². The van der Waals surface area contributed by atoms with Gasteiger partial charge in [-0.1, -0.05) is 61.0 Å². The molecule has 1 aliphatic heterocycles. The van der Waals surface area contributed by atoms with Gasteiger partial charge in [-0.3, -0.25) is 9.59 Å². The third-order valence-corrected chi connectivity index (χ3v) is 9.26. The fraction of sp³-hybridized carbons (Fsp3) is 0.412. The highest BCUT2D eigenvalue weighted by Gasteiger charge is 2.64. The van der Waals surface area contributed by atoms with Gasteiger partial charge in [-0.15, -0.1) is 0 Å². The first-order chi connectivity index (χ1) is 19.7. The third kappa shape index (κ3) is 5.29. The Morgan fingerprint density at radius 1 is 1.07 bits per heavy atom. The molecule has 1 heterocycles. The SMILES string of the molecule is CCc1cccc(-c2c(Cl)ccc3c2[C@](O)(CCCNC(C)=O)[C@@]32CCCN(C(=O)c3ccc(CNC)cc3)C2)c1. The van der Waals surface area contributed by atoms with Crippen molar-refractivity contribution in [2.24, 2.45) is 0 Å². The molecule has 1 saturated heterocycles. The maximum atomic E-state index is 13.7. The number of nitrogens with zero attached hydrogens (tertiary/aromatic N) is 1. The molecule has 1 spiro atoms. The second-order valence-corrected chi connectivity index (χ2v) is 11.9. The zero-order valence-electron chi connectivity index (χ0n) is 24.2. The van der Waals surface area contributed by atoms with Crippen molar-refractivity contribution in [3.05, 3.63) is 93.5 Å². The topological polar surface area (TPSA) is 81.7 Å². The van der Waals surface area contributed by atoms with Crippen LogP contribution in [0.5, 0.6) is 0 Å². The zero-order chi connectivity index (χ0) is 29.2. The molecule has 3 aromatic carbocycles. The van der Waals surface area contributed by atoms with Crippen molar-refractivity contribution in [1.82, 2.24) is 15.5 Å². The van der Waals surface area contributed by atoms with Crippen LogP contribution >= 0.6 is 11.6 Å². The van der Waals surface area contributed by atoms with Gasteiger partial charge in [-0.05, 0) is 85.2 Å². The van der Waals surface area contributed by atoms with Gasteiger partial charge < -0.3 is 20.6 Å². The van der Waals surface area contributed by atoms with Crippen LogP contribution < -0.4 is 10.6 Å². The zero-order valence-corrected chi connectivity index (χ0v) is 25.0. The summed E-state index contributed by atoms with van der Waals surface area (Å²) in [6, 6.07) is 20.1. The lowest BCUT2D eigenvalue weighted by molar-refractivity contribution is -0.120. The van der Waals surface area contributed by atoms with Crippen molar-refractivity contribution < 1.29 is 14.7 Å². The summed E-state index contributed by atoms with van der Waals surface area (Å²) < 4.78 is 0. The van der Waals surface area contributed by atoms with Crippen molar-refractivity contribution in [3.8, 4) is 11.1 Å². The number of amides is 2. The Balaban J connectivity index is 1.54. The molecular weight excluding hydrogens is 534 g/mol. The molecule has 0 unspecified atom stereocenters. The Bertz CT molecular complexity index is 1440. The fourth-order valence-electron chi connectivity index (χ4n) is 6.95. The minimum absolute atomic E-state index is 0.0148.